The fourth-order valence-corrected chi connectivity index (χ4v) is 1.99. The summed E-state index contributed by atoms with van der Waals surface area (Å²) in [6, 6.07) is 1.63. The lowest BCUT2D eigenvalue weighted by atomic mass is 10.2. The number of aromatic amines is 1. The number of carbonyl (C=O) groups is 1. The maximum Gasteiger partial charge on any atom is 0.270 e. The van der Waals surface area contributed by atoms with Crippen LogP contribution in [0.5, 0.6) is 0 Å². The second kappa shape index (κ2) is 5.53. The molecule has 1 unspecified atom stereocenters. The molecule has 0 spiro atoms. The van der Waals surface area contributed by atoms with Crippen molar-refractivity contribution in [3.05, 3.63) is 23.0 Å². The average Bonchev–Trinajstić information content (AvgIpc) is 2.76. The molecule has 2 heterocycles. The number of hydrogen-bond acceptors (Lipinski definition) is 3. The van der Waals surface area contributed by atoms with Crippen molar-refractivity contribution >= 4 is 17.5 Å². The molecule has 17 heavy (non-hydrogen) atoms. The van der Waals surface area contributed by atoms with E-state index in [1.54, 1.807) is 24.2 Å². The molecule has 1 aromatic heterocycles. The number of aromatic nitrogens is 1. The van der Waals surface area contributed by atoms with Crippen LogP contribution in [0.25, 0.3) is 0 Å². The van der Waals surface area contributed by atoms with Crippen LogP contribution in [-0.2, 0) is 4.74 Å². The van der Waals surface area contributed by atoms with E-state index in [0.717, 1.165) is 13.1 Å². The Morgan fingerprint density at radius 1 is 1.71 bits per heavy atom. The van der Waals surface area contributed by atoms with Crippen LogP contribution in [0.1, 0.15) is 10.5 Å². The van der Waals surface area contributed by atoms with Crippen molar-refractivity contribution in [2.75, 3.05) is 33.3 Å². The van der Waals surface area contributed by atoms with Gasteiger partial charge < -0.3 is 19.9 Å². The first-order chi connectivity index (χ1) is 8.16. The largest absolute Gasteiger partial charge is 0.374 e. The fraction of sp³-hybridized carbons (Fsp3) is 0.545. The molecule has 0 aromatic carbocycles. The molecule has 6 heteroatoms. The molecule has 5 nitrogen and oxygen atoms in total. The maximum atomic E-state index is 12.0. The molecule has 2 N–H and O–H groups in total. The first-order valence-corrected chi connectivity index (χ1v) is 5.96. The molecule has 1 aliphatic heterocycles. The van der Waals surface area contributed by atoms with Crippen LogP contribution in [0, 0.1) is 0 Å². The Balaban J connectivity index is 1.90. The lowest BCUT2D eigenvalue weighted by Gasteiger charge is -2.27. The predicted octanol–water partition coefficient (Wildman–Crippen LogP) is 0.728. The summed E-state index contributed by atoms with van der Waals surface area (Å²) in [6.07, 6.45) is 1.66. The molecular formula is C11H16ClN3O2. The number of halogens is 1. The second-order valence-electron chi connectivity index (χ2n) is 4.11. The number of nitrogens with one attached hydrogen (secondary N) is 2. The van der Waals surface area contributed by atoms with Gasteiger partial charge in [0.1, 0.15) is 5.69 Å². The summed E-state index contributed by atoms with van der Waals surface area (Å²) in [7, 11) is 1.76. The summed E-state index contributed by atoms with van der Waals surface area (Å²) in [4.78, 5) is 16.5. The van der Waals surface area contributed by atoms with Gasteiger partial charge >= 0.3 is 0 Å². The number of morpholine rings is 1. The summed E-state index contributed by atoms with van der Waals surface area (Å²) in [5, 5.41) is 3.77. The minimum Gasteiger partial charge on any atom is -0.374 e. The number of amides is 1. The zero-order valence-electron chi connectivity index (χ0n) is 9.70. The van der Waals surface area contributed by atoms with Gasteiger partial charge in [0.2, 0.25) is 0 Å². The van der Waals surface area contributed by atoms with Crippen LogP contribution in [0.15, 0.2) is 12.3 Å². The van der Waals surface area contributed by atoms with Crippen molar-refractivity contribution in [1.29, 1.82) is 0 Å². The van der Waals surface area contributed by atoms with Gasteiger partial charge in [-0.25, -0.2) is 0 Å². The van der Waals surface area contributed by atoms with Gasteiger partial charge in [-0.2, -0.15) is 0 Å². The van der Waals surface area contributed by atoms with Gasteiger partial charge in [0.25, 0.3) is 5.91 Å². The van der Waals surface area contributed by atoms with Crippen molar-refractivity contribution in [2.24, 2.45) is 0 Å². The minimum atomic E-state index is -0.0777. The summed E-state index contributed by atoms with van der Waals surface area (Å²) >= 11 is 5.76. The zero-order chi connectivity index (χ0) is 12.3. The van der Waals surface area contributed by atoms with Crippen LogP contribution in [0.3, 0.4) is 0 Å². The van der Waals surface area contributed by atoms with E-state index in [1.807, 2.05) is 0 Å². The normalized spacial score (nSPS) is 20.2. The van der Waals surface area contributed by atoms with Gasteiger partial charge in [0.05, 0.1) is 17.7 Å². The number of H-pyrrole nitrogens is 1. The highest BCUT2D eigenvalue weighted by Crippen LogP contribution is 2.11. The van der Waals surface area contributed by atoms with Gasteiger partial charge in [-0.05, 0) is 6.07 Å². The molecule has 1 atom stereocenters. The lowest BCUT2D eigenvalue weighted by molar-refractivity contribution is 0.0103. The monoisotopic (exact) mass is 257 g/mol. The Hall–Kier alpha value is -1.04. The van der Waals surface area contributed by atoms with E-state index in [9.17, 15) is 4.79 Å². The van der Waals surface area contributed by atoms with E-state index in [-0.39, 0.29) is 12.0 Å². The van der Waals surface area contributed by atoms with Gasteiger partial charge in [0, 0.05) is 32.9 Å². The summed E-state index contributed by atoms with van der Waals surface area (Å²) in [5.74, 6) is -0.0777. The Kier molecular flexibility index (Phi) is 4.04. The molecule has 1 aliphatic rings. The van der Waals surface area contributed by atoms with Gasteiger partial charge in [-0.3, -0.25) is 4.79 Å². The van der Waals surface area contributed by atoms with E-state index in [4.69, 9.17) is 16.3 Å². The van der Waals surface area contributed by atoms with Crippen LogP contribution < -0.4 is 5.32 Å². The van der Waals surface area contributed by atoms with Gasteiger partial charge in [0.15, 0.2) is 0 Å². The van der Waals surface area contributed by atoms with Crippen molar-refractivity contribution in [1.82, 2.24) is 15.2 Å². The van der Waals surface area contributed by atoms with Crippen LogP contribution in [-0.4, -0.2) is 55.2 Å². The Bertz CT molecular complexity index is 388. The SMILES string of the molecule is CN(CC1CNCCO1)C(=O)c1cc(Cl)c[nH]1. The third kappa shape index (κ3) is 3.21. The molecule has 0 bridgehead atoms. The predicted molar refractivity (Wildman–Crippen MR) is 65.4 cm³/mol. The number of likely N-dealkylation sites (N-methyl/N-ethyl adjacent to an activating group) is 1. The molecule has 1 saturated heterocycles. The summed E-state index contributed by atoms with van der Waals surface area (Å²) in [5.41, 5.74) is 0.501. The third-order valence-electron chi connectivity index (χ3n) is 2.71. The lowest BCUT2D eigenvalue weighted by Crippen LogP contribution is -2.45. The highest BCUT2D eigenvalue weighted by Gasteiger charge is 2.20. The summed E-state index contributed by atoms with van der Waals surface area (Å²) < 4.78 is 5.55. The zero-order valence-corrected chi connectivity index (χ0v) is 10.5. The highest BCUT2D eigenvalue weighted by molar-refractivity contribution is 6.30. The quantitative estimate of drug-likeness (QED) is 0.839. The van der Waals surface area contributed by atoms with Crippen molar-refractivity contribution in [3.8, 4) is 0 Å². The smallest absolute Gasteiger partial charge is 0.270 e. The number of nitrogens with zero attached hydrogens (tertiary/aromatic N) is 1. The molecule has 0 aliphatic carbocycles. The number of rotatable bonds is 3. The Labute approximate surface area is 105 Å². The molecular weight excluding hydrogens is 242 g/mol. The van der Waals surface area contributed by atoms with Crippen LogP contribution in [0.2, 0.25) is 5.02 Å². The highest BCUT2D eigenvalue weighted by atomic mass is 35.5. The topological polar surface area (TPSA) is 57.4 Å². The molecule has 0 saturated carbocycles. The maximum absolute atomic E-state index is 12.0. The number of ether oxygens (including phenoxy) is 1. The second-order valence-corrected chi connectivity index (χ2v) is 4.55. The molecule has 94 valence electrons. The first kappa shape index (κ1) is 12.4. The molecule has 0 radical (unpaired) electrons. The number of carbonyl (C=O) groups excluding carboxylic acids is 1. The molecule has 1 aromatic rings. The van der Waals surface area contributed by atoms with Crippen molar-refractivity contribution < 1.29 is 9.53 Å². The van der Waals surface area contributed by atoms with Crippen molar-refractivity contribution in [2.45, 2.75) is 6.10 Å². The third-order valence-corrected chi connectivity index (χ3v) is 2.93. The molecule has 2 rings (SSSR count). The van der Waals surface area contributed by atoms with Gasteiger partial charge in [-0.1, -0.05) is 11.6 Å². The Morgan fingerprint density at radius 2 is 2.53 bits per heavy atom. The van der Waals surface area contributed by atoms with Crippen molar-refractivity contribution in [3.63, 3.8) is 0 Å². The minimum absolute atomic E-state index is 0.0585. The van der Waals surface area contributed by atoms with E-state index in [1.165, 1.54) is 0 Å². The standard InChI is InChI=1S/C11H16ClN3O2/c1-15(7-9-6-13-2-3-17-9)11(16)10-4-8(12)5-14-10/h4-5,9,13-14H,2-3,6-7H2,1H3. The average molecular weight is 258 g/mol. The molecule has 1 fully saturated rings. The van der Waals surface area contributed by atoms with E-state index in [0.29, 0.717) is 23.9 Å². The fourth-order valence-electron chi connectivity index (χ4n) is 1.82. The Morgan fingerprint density at radius 3 is 3.12 bits per heavy atom. The van der Waals surface area contributed by atoms with Crippen LogP contribution in [0.4, 0.5) is 0 Å². The van der Waals surface area contributed by atoms with Gasteiger partial charge in [-0.15, -0.1) is 0 Å². The van der Waals surface area contributed by atoms with E-state index in [2.05, 4.69) is 10.3 Å². The van der Waals surface area contributed by atoms with Crippen LogP contribution >= 0.6 is 11.6 Å². The van der Waals surface area contributed by atoms with E-state index < -0.39 is 0 Å². The molecule has 1 amide bonds. The van der Waals surface area contributed by atoms with E-state index >= 15 is 0 Å². The number of hydrogen-bond donors (Lipinski definition) is 2. The summed E-state index contributed by atoms with van der Waals surface area (Å²) in [6.45, 7) is 2.92. The first-order valence-electron chi connectivity index (χ1n) is 5.58.